The van der Waals surface area contributed by atoms with Crippen LogP contribution in [0.1, 0.15) is 10.4 Å². The molecule has 0 radical (unpaired) electrons. The van der Waals surface area contributed by atoms with Crippen molar-refractivity contribution in [3.05, 3.63) is 42.1 Å². The number of carboxylic acids is 1. The van der Waals surface area contributed by atoms with Crippen LogP contribution in [0, 0.1) is 12.3 Å². The minimum atomic E-state index is -1.19. The van der Waals surface area contributed by atoms with Crippen molar-refractivity contribution in [2.24, 2.45) is 0 Å². The average molecular weight is 299 g/mol. The molecule has 0 saturated carbocycles. The predicted octanol–water partition coefficient (Wildman–Crippen LogP) is 0.699. The lowest BCUT2D eigenvalue weighted by atomic mass is 10.3. The van der Waals surface area contributed by atoms with Gasteiger partial charge in [-0.3, -0.25) is 4.79 Å². The maximum atomic E-state index is 11.5. The average Bonchev–Trinajstić information content (AvgIpc) is 2.95. The van der Waals surface area contributed by atoms with E-state index in [2.05, 4.69) is 16.3 Å². The summed E-state index contributed by atoms with van der Waals surface area (Å²) >= 11 is 0. The Bertz CT molecular complexity index is 716. The lowest BCUT2D eigenvalue weighted by Crippen LogP contribution is -2.29. The SMILES string of the molecule is C#CCNC(=O)COc1c(C(=O)O)cnn1-c1ccccc1. The number of aromatic carboxylic acids is 1. The highest BCUT2D eigenvalue weighted by Gasteiger charge is 2.20. The smallest absolute Gasteiger partial charge is 0.342 e. The molecule has 1 aromatic carbocycles. The summed E-state index contributed by atoms with van der Waals surface area (Å²) in [6, 6.07) is 8.86. The third-order valence-electron chi connectivity index (χ3n) is 2.68. The van der Waals surface area contributed by atoms with E-state index in [0.29, 0.717) is 5.69 Å². The highest BCUT2D eigenvalue weighted by molar-refractivity contribution is 5.90. The van der Waals surface area contributed by atoms with Gasteiger partial charge in [-0.2, -0.15) is 5.10 Å². The first kappa shape index (κ1) is 15.1. The summed E-state index contributed by atoms with van der Waals surface area (Å²) in [6.07, 6.45) is 6.20. The Morgan fingerprint density at radius 2 is 2.09 bits per heavy atom. The molecule has 0 bridgehead atoms. The number of nitrogens with zero attached hydrogens (tertiary/aromatic N) is 2. The van der Waals surface area contributed by atoms with Gasteiger partial charge < -0.3 is 15.2 Å². The second-order valence-corrected chi connectivity index (χ2v) is 4.19. The molecule has 0 aliphatic carbocycles. The second-order valence-electron chi connectivity index (χ2n) is 4.19. The number of nitrogens with one attached hydrogen (secondary N) is 1. The first-order chi connectivity index (χ1) is 10.6. The molecule has 0 aliphatic rings. The van der Waals surface area contributed by atoms with Crippen LogP contribution >= 0.6 is 0 Å². The van der Waals surface area contributed by atoms with Gasteiger partial charge in [-0.15, -0.1) is 6.42 Å². The van der Waals surface area contributed by atoms with Crippen molar-refractivity contribution in [1.82, 2.24) is 15.1 Å². The molecule has 0 spiro atoms. The van der Waals surface area contributed by atoms with Gasteiger partial charge in [0.1, 0.15) is 5.56 Å². The second kappa shape index (κ2) is 6.95. The molecule has 2 N–H and O–H groups in total. The molecule has 7 heteroatoms. The molecule has 7 nitrogen and oxygen atoms in total. The summed E-state index contributed by atoms with van der Waals surface area (Å²) in [7, 11) is 0. The van der Waals surface area contributed by atoms with Crippen molar-refractivity contribution in [3.8, 4) is 23.9 Å². The number of carbonyl (C=O) groups excluding carboxylic acids is 1. The largest absolute Gasteiger partial charge is 0.477 e. The van der Waals surface area contributed by atoms with E-state index in [1.165, 1.54) is 10.9 Å². The van der Waals surface area contributed by atoms with Crippen LogP contribution in [-0.2, 0) is 4.79 Å². The van der Waals surface area contributed by atoms with E-state index < -0.39 is 11.9 Å². The number of benzene rings is 1. The Morgan fingerprint density at radius 3 is 2.73 bits per heavy atom. The molecular weight excluding hydrogens is 286 g/mol. The van der Waals surface area contributed by atoms with E-state index in [9.17, 15) is 14.7 Å². The van der Waals surface area contributed by atoms with Gasteiger partial charge >= 0.3 is 5.97 Å². The van der Waals surface area contributed by atoms with E-state index in [-0.39, 0.29) is 24.6 Å². The summed E-state index contributed by atoms with van der Waals surface area (Å²) in [5.74, 6) is 0.598. The monoisotopic (exact) mass is 299 g/mol. The summed E-state index contributed by atoms with van der Waals surface area (Å²) in [5, 5.41) is 15.6. The van der Waals surface area contributed by atoms with Crippen molar-refractivity contribution in [1.29, 1.82) is 0 Å². The van der Waals surface area contributed by atoms with Gasteiger partial charge in [0, 0.05) is 0 Å². The van der Waals surface area contributed by atoms with Crippen molar-refractivity contribution < 1.29 is 19.4 Å². The van der Waals surface area contributed by atoms with E-state index in [1.807, 2.05) is 6.07 Å². The summed E-state index contributed by atoms with van der Waals surface area (Å²) in [4.78, 5) is 22.7. The Hall–Kier alpha value is -3.27. The van der Waals surface area contributed by atoms with Crippen molar-refractivity contribution in [2.45, 2.75) is 0 Å². The molecule has 1 heterocycles. The number of carboxylic acid groups (broad SMARTS) is 1. The number of hydrogen-bond acceptors (Lipinski definition) is 4. The zero-order valence-corrected chi connectivity index (χ0v) is 11.5. The van der Waals surface area contributed by atoms with Crippen LogP contribution in [0.15, 0.2) is 36.5 Å². The van der Waals surface area contributed by atoms with Gasteiger partial charge in [0.15, 0.2) is 6.61 Å². The molecule has 0 fully saturated rings. The first-order valence-corrected chi connectivity index (χ1v) is 6.33. The number of para-hydroxylation sites is 1. The van der Waals surface area contributed by atoms with Crippen molar-refractivity contribution >= 4 is 11.9 Å². The maximum absolute atomic E-state index is 11.5. The van der Waals surface area contributed by atoms with Gasteiger partial charge in [0.05, 0.1) is 18.4 Å². The topological polar surface area (TPSA) is 93.4 Å². The van der Waals surface area contributed by atoms with E-state index in [0.717, 1.165) is 0 Å². The van der Waals surface area contributed by atoms with Crippen LogP contribution in [0.25, 0.3) is 5.69 Å². The quantitative estimate of drug-likeness (QED) is 0.766. The zero-order valence-electron chi connectivity index (χ0n) is 11.5. The van der Waals surface area contributed by atoms with Gasteiger partial charge in [0.25, 0.3) is 5.91 Å². The Balaban J connectivity index is 2.24. The van der Waals surface area contributed by atoms with Crippen LogP contribution in [0.3, 0.4) is 0 Å². The fourth-order valence-electron chi connectivity index (χ4n) is 1.71. The number of rotatable bonds is 6. The van der Waals surface area contributed by atoms with Crippen molar-refractivity contribution in [2.75, 3.05) is 13.2 Å². The molecule has 112 valence electrons. The van der Waals surface area contributed by atoms with Gasteiger partial charge in [0.2, 0.25) is 5.88 Å². The predicted molar refractivity (Wildman–Crippen MR) is 77.9 cm³/mol. The molecule has 1 aromatic heterocycles. The first-order valence-electron chi connectivity index (χ1n) is 6.33. The fraction of sp³-hybridized carbons (Fsp3) is 0.133. The standard InChI is InChI=1S/C15H13N3O4/c1-2-8-16-13(19)10-22-14-12(15(20)21)9-17-18(14)11-6-4-3-5-7-11/h1,3-7,9H,8,10H2,(H,16,19)(H,20,21). The maximum Gasteiger partial charge on any atom is 0.342 e. The third-order valence-corrected chi connectivity index (χ3v) is 2.68. The van der Waals surface area contributed by atoms with E-state index >= 15 is 0 Å². The molecule has 0 aliphatic heterocycles. The molecule has 1 amide bonds. The third kappa shape index (κ3) is 3.43. The molecule has 22 heavy (non-hydrogen) atoms. The number of carbonyl (C=O) groups is 2. The number of ether oxygens (including phenoxy) is 1. The van der Waals surface area contributed by atoms with E-state index in [1.54, 1.807) is 24.3 Å². The molecule has 2 aromatic rings. The lowest BCUT2D eigenvalue weighted by molar-refractivity contribution is -0.122. The Morgan fingerprint density at radius 1 is 1.36 bits per heavy atom. The summed E-state index contributed by atoms with van der Waals surface area (Å²) in [5.41, 5.74) is 0.489. The number of amides is 1. The molecule has 0 atom stereocenters. The Labute approximate surface area is 126 Å². The van der Waals surface area contributed by atoms with Crippen LogP contribution in [0.5, 0.6) is 5.88 Å². The Kier molecular flexibility index (Phi) is 4.78. The fourth-order valence-corrected chi connectivity index (χ4v) is 1.71. The van der Waals surface area contributed by atoms with Gasteiger partial charge in [-0.1, -0.05) is 24.1 Å². The zero-order chi connectivity index (χ0) is 15.9. The van der Waals surface area contributed by atoms with Crippen LogP contribution < -0.4 is 10.1 Å². The summed E-state index contributed by atoms with van der Waals surface area (Å²) in [6.45, 7) is -0.285. The van der Waals surface area contributed by atoms with Crippen LogP contribution in [-0.4, -0.2) is 39.9 Å². The molecular formula is C15H13N3O4. The number of hydrogen-bond donors (Lipinski definition) is 2. The lowest BCUT2D eigenvalue weighted by Gasteiger charge is -2.10. The molecule has 2 rings (SSSR count). The normalized spacial score (nSPS) is 9.77. The molecule has 0 unspecified atom stereocenters. The minimum absolute atomic E-state index is 0.0189. The van der Waals surface area contributed by atoms with Crippen LogP contribution in [0.4, 0.5) is 0 Å². The highest BCUT2D eigenvalue weighted by atomic mass is 16.5. The number of aromatic nitrogens is 2. The summed E-state index contributed by atoms with van der Waals surface area (Å²) < 4.78 is 6.64. The molecule has 0 saturated heterocycles. The highest BCUT2D eigenvalue weighted by Crippen LogP contribution is 2.22. The minimum Gasteiger partial charge on any atom is -0.477 e. The van der Waals surface area contributed by atoms with E-state index in [4.69, 9.17) is 11.2 Å². The van der Waals surface area contributed by atoms with Crippen molar-refractivity contribution in [3.63, 3.8) is 0 Å². The number of terminal acetylenes is 1. The van der Waals surface area contributed by atoms with Gasteiger partial charge in [-0.25, -0.2) is 9.48 Å². The van der Waals surface area contributed by atoms with Gasteiger partial charge in [-0.05, 0) is 12.1 Å². The van der Waals surface area contributed by atoms with Crippen LogP contribution in [0.2, 0.25) is 0 Å².